The first-order valence-electron chi connectivity index (χ1n) is 5.27. The van der Waals surface area contributed by atoms with Gasteiger partial charge in [-0.1, -0.05) is 6.92 Å². The molecule has 0 aromatic heterocycles. The van der Waals surface area contributed by atoms with Gasteiger partial charge in [0.25, 0.3) is 0 Å². The number of nitrogens with one attached hydrogen (secondary N) is 1. The van der Waals surface area contributed by atoms with E-state index in [9.17, 15) is 13.2 Å². The first kappa shape index (κ1) is 11.8. The maximum absolute atomic E-state index is 11.8. The normalized spacial score (nSPS) is 28.3. The third kappa shape index (κ3) is 4.84. The highest BCUT2D eigenvalue weighted by Crippen LogP contribution is 2.25. The van der Waals surface area contributed by atoms with Gasteiger partial charge < -0.3 is 5.32 Å². The highest BCUT2D eigenvalue weighted by Gasteiger charge is 2.26. The summed E-state index contributed by atoms with van der Waals surface area (Å²) in [7, 11) is 0. The van der Waals surface area contributed by atoms with Gasteiger partial charge in [0.05, 0.1) is 0 Å². The van der Waals surface area contributed by atoms with Crippen molar-refractivity contribution in [2.24, 2.45) is 5.92 Å². The summed E-state index contributed by atoms with van der Waals surface area (Å²) in [5.41, 5.74) is 0. The van der Waals surface area contributed by atoms with Gasteiger partial charge in [0.15, 0.2) is 0 Å². The Labute approximate surface area is 83.1 Å². The second kappa shape index (κ2) is 5.01. The van der Waals surface area contributed by atoms with Crippen molar-refractivity contribution >= 4 is 0 Å². The van der Waals surface area contributed by atoms with Crippen LogP contribution in [-0.4, -0.2) is 18.8 Å². The fourth-order valence-electron chi connectivity index (χ4n) is 1.99. The Hall–Kier alpha value is -0.250. The molecule has 1 nitrogen and oxygen atoms in total. The Balaban J connectivity index is 1.99. The molecule has 1 rings (SSSR count). The van der Waals surface area contributed by atoms with Gasteiger partial charge in [-0.05, 0) is 38.1 Å². The number of hydrogen-bond acceptors (Lipinski definition) is 1. The zero-order valence-electron chi connectivity index (χ0n) is 8.53. The maximum atomic E-state index is 11.8. The van der Waals surface area contributed by atoms with Crippen molar-refractivity contribution in [3.05, 3.63) is 0 Å². The van der Waals surface area contributed by atoms with E-state index in [4.69, 9.17) is 0 Å². The van der Waals surface area contributed by atoms with Gasteiger partial charge >= 0.3 is 6.18 Å². The van der Waals surface area contributed by atoms with Crippen LogP contribution in [0.25, 0.3) is 0 Å². The molecule has 1 saturated carbocycles. The molecule has 1 N–H and O–H groups in total. The van der Waals surface area contributed by atoms with Crippen LogP contribution in [0.2, 0.25) is 0 Å². The van der Waals surface area contributed by atoms with Gasteiger partial charge in [0.2, 0.25) is 0 Å². The van der Waals surface area contributed by atoms with E-state index in [-0.39, 0.29) is 6.42 Å². The van der Waals surface area contributed by atoms with Gasteiger partial charge in [-0.3, -0.25) is 0 Å². The van der Waals surface area contributed by atoms with Crippen LogP contribution in [0.4, 0.5) is 13.2 Å². The molecule has 0 amide bonds. The number of hydrogen-bond donors (Lipinski definition) is 1. The van der Waals surface area contributed by atoms with E-state index in [0.717, 1.165) is 18.8 Å². The molecule has 0 aliphatic heterocycles. The monoisotopic (exact) mass is 209 g/mol. The molecule has 4 heteroatoms. The van der Waals surface area contributed by atoms with Crippen molar-refractivity contribution < 1.29 is 13.2 Å². The van der Waals surface area contributed by atoms with E-state index in [2.05, 4.69) is 12.2 Å². The third-order valence-electron chi connectivity index (χ3n) is 2.76. The summed E-state index contributed by atoms with van der Waals surface area (Å²) in [5, 5.41) is 3.18. The van der Waals surface area contributed by atoms with Gasteiger partial charge in [0.1, 0.15) is 0 Å². The Kier molecular flexibility index (Phi) is 4.23. The molecule has 84 valence electrons. The first-order valence-corrected chi connectivity index (χ1v) is 5.27. The van der Waals surface area contributed by atoms with E-state index in [1.807, 2.05) is 0 Å². The van der Waals surface area contributed by atoms with E-state index < -0.39 is 12.6 Å². The third-order valence-corrected chi connectivity index (χ3v) is 2.76. The molecule has 0 heterocycles. The van der Waals surface area contributed by atoms with Crippen LogP contribution in [0.15, 0.2) is 0 Å². The zero-order chi connectivity index (χ0) is 10.6. The van der Waals surface area contributed by atoms with Gasteiger partial charge in [-0.25, -0.2) is 0 Å². The van der Waals surface area contributed by atoms with Crippen molar-refractivity contribution in [1.82, 2.24) is 5.32 Å². The molecule has 0 saturated heterocycles. The molecule has 1 fully saturated rings. The fourth-order valence-corrected chi connectivity index (χ4v) is 1.99. The molecule has 0 aromatic rings. The quantitative estimate of drug-likeness (QED) is 0.701. The highest BCUT2D eigenvalue weighted by atomic mass is 19.4. The standard InChI is InChI=1S/C10H18F3N/c1-8-3-4-9(7-8)14-6-2-5-10(11,12)13/h8-9,14H,2-7H2,1H3. The molecule has 2 atom stereocenters. The smallest absolute Gasteiger partial charge is 0.314 e. The Morgan fingerprint density at radius 1 is 1.29 bits per heavy atom. The van der Waals surface area contributed by atoms with E-state index in [0.29, 0.717) is 12.6 Å². The van der Waals surface area contributed by atoms with Crippen LogP contribution in [0, 0.1) is 5.92 Å². The summed E-state index contributed by atoms with van der Waals surface area (Å²) in [6.45, 7) is 2.69. The summed E-state index contributed by atoms with van der Waals surface area (Å²) >= 11 is 0. The number of rotatable bonds is 4. The molecular formula is C10H18F3N. The van der Waals surface area contributed by atoms with Crippen LogP contribution >= 0.6 is 0 Å². The molecular weight excluding hydrogens is 191 g/mol. The maximum Gasteiger partial charge on any atom is 0.389 e. The lowest BCUT2D eigenvalue weighted by molar-refractivity contribution is -0.135. The average Bonchev–Trinajstić information content (AvgIpc) is 2.44. The van der Waals surface area contributed by atoms with E-state index in [1.54, 1.807) is 0 Å². The van der Waals surface area contributed by atoms with Crippen LogP contribution in [0.1, 0.15) is 39.0 Å². The van der Waals surface area contributed by atoms with Crippen molar-refractivity contribution in [2.45, 2.75) is 51.2 Å². The Morgan fingerprint density at radius 2 is 2.00 bits per heavy atom. The van der Waals surface area contributed by atoms with Crippen LogP contribution < -0.4 is 5.32 Å². The lowest BCUT2D eigenvalue weighted by Crippen LogP contribution is -2.28. The first-order chi connectivity index (χ1) is 6.47. The summed E-state index contributed by atoms with van der Waals surface area (Å²) in [6, 6.07) is 0.457. The molecule has 0 radical (unpaired) electrons. The SMILES string of the molecule is CC1CCC(NCCCC(F)(F)F)C1. The van der Waals surface area contributed by atoms with E-state index >= 15 is 0 Å². The second-order valence-corrected chi connectivity index (χ2v) is 4.29. The minimum atomic E-state index is -4.00. The molecule has 0 spiro atoms. The number of halogens is 3. The molecule has 14 heavy (non-hydrogen) atoms. The molecule has 2 unspecified atom stereocenters. The summed E-state index contributed by atoms with van der Waals surface area (Å²) in [5.74, 6) is 0.732. The Bertz CT molecular complexity index is 167. The summed E-state index contributed by atoms with van der Waals surface area (Å²) in [4.78, 5) is 0. The van der Waals surface area contributed by atoms with Gasteiger partial charge in [-0.15, -0.1) is 0 Å². The average molecular weight is 209 g/mol. The van der Waals surface area contributed by atoms with E-state index in [1.165, 1.54) is 6.42 Å². The predicted molar refractivity (Wildman–Crippen MR) is 50.1 cm³/mol. The van der Waals surface area contributed by atoms with Crippen LogP contribution in [0.5, 0.6) is 0 Å². The largest absolute Gasteiger partial charge is 0.389 e. The lowest BCUT2D eigenvalue weighted by atomic mass is 10.1. The fraction of sp³-hybridized carbons (Fsp3) is 1.00. The molecule has 0 aromatic carbocycles. The molecule has 1 aliphatic rings. The summed E-state index contributed by atoms with van der Waals surface area (Å²) < 4.78 is 35.4. The van der Waals surface area contributed by atoms with Crippen LogP contribution in [-0.2, 0) is 0 Å². The topological polar surface area (TPSA) is 12.0 Å². The van der Waals surface area contributed by atoms with Crippen molar-refractivity contribution in [3.63, 3.8) is 0 Å². The predicted octanol–water partition coefficient (Wildman–Crippen LogP) is 3.11. The van der Waals surface area contributed by atoms with Crippen molar-refractivity contribution in [2.75, 3.05) is 6.54 Å². The highest BCUT2D eigenvalue weighted by molar-refractivity contribution is 4.78. The Morgan fingerprint density at radius 3 is 2.50 bits per heavy atom. The minimum Gasteiger partial charge on any atom is -0.314 e. The number of alkyl halides is 3. The van der Waals surface area contributed by atoms with Crippen molar-refractivity contribution in [3.8, 4) is 0 Å². The minimum absolute atomic E-state index is 0.203. The molecule has 0 bridgehead atoms. The van der Waals surface area contributed by atoms with Crippen molar-refractivity contribution in [1.29, 1.82) is 0 Å². The second-order valence-electron chi connectivity index (χ2n) is 4.29. The molecule has 1 aliphatic carbocycles. The van der Waals surface area contributed by atoms with Gasteiger partial charge in [0, 0.05) is 12.5 Å². The zero-order valence-corrected chi connectivity index (χ0v) is 8.53. The lowest BCUT2D eigenvalue weighted by Gasteiger charge is -2.12. The van der Waals surface area contributed by atoms with Crippen LogP contribution in [0.3, 0.4) is 0 Å². The van der Waals surface area contributed by atoms with Gasteiger partial charge in [-0.2, -0.15) is 13.2 Å². The summed E-state index contributed by atoms with van der Waals surface area (Å²) in [6.07, 6.45) is -1.02.